The summed E-state index contributed by atoms with van der Waals surface area (Å²) in [5.74, 6) is 1.86. The van der Waals surface area contributed by atoms with E-state index in [0.29, 0.717) is 11.6 Å². The SMILES string of the molecule is Cc1cc(NC(=O)C(C)SCc2ccc(Br)cc2)no1. The maximum atomic E-state index is 12.0. The van der Waals surface area contributed by atoms with Gasteiger partial charge in [0.1, 0.15) is 5.76 Å². The van der Waals surface area contributed by atoms with Gasteiger partial charge in [-0.2, -0.15) is 0 Å². The number of hydrogen-bond acceptors (Lipinski definition) is 4. The molecule has 6 heteroatoms. The first-order chi connectivity index (χ1) is 9.54. The third-order valence-corrected chi connectivity index (χ3v) is 4.40. The molecule has 106 valence electrons. The van der Waals surface area contributed by atoms with Crippen LogP contribution in [0.2, 0.25) is 0 Å². The zero-order chi connectivity index (χ0) is 14.5. The Morgan fingerprint density at radius 3 is 2.75 bits per heavy atom. The van der Waals surface area contributed by atoms with Crippen LogP contribution in [0.15, 0.2) is 39.3 Å². The van der Waals surface area contributed by atoms with Gasteiger partial charge < -0.3 is 9.84 Å². The van der Waals surface area contributed by atoms with Gasteiger partial charge in [-0.1, -0.05) is 33.2 Å². The second kappa shape index (κ2) is 6.95. The molecule has 0 bridgehead atoms. The number of hydrogen-bond donors (Lipinski definition) is 1. The Labute approximate surface area is 130 Å². The predicted molar refractivity (Wildman–Crippen MR) is 84.8 cm³/mol. The topological polar surface area (TPSA) is 55.1 Å². The molecule has 1 N–H and O–H groups in total. The lowest BCUT2D eigenvalue weighted by Crippen LogP contribution is -2.22. The van der Waals surface area contributed by atoms with Crippen LogP contribution >= 0.6 is 27.7 Å². The second-order valence-electron chi connectivity index (χ2n) is 4.39. The van der Waals surface area contributed by atoms with Crippen LogP contribution in [0, 0.1) is 6.92 Å². The van der Waals surface area contributed by atoms with Gasteiger partial charge in [0.25, 0.3) is 0 Å². The van der Waals surface area contributed by atoms with E-state index in [2.05, 4.69) is 26.4 Å². The molecule has 0 saturated carbocycles. The molecule has 2 aromatic rings. The maximum absolute atomic E-state index is 12.0. The number of aromatic nitrogens is 1. The highest BCUT2D eigenvalue weighted by Crippen LogP contribution is 2.20. The molecule has 0 radical (unpaired) electrons. The van der Waals surface area contributed by atoms with Gasteiger partial charge in [-0.05, 0) is 31.5 Å². The molecule has 1 amide bonds. The average Bonchev–Trinajstić information content (AvgIpc) is 2.83. The second-order valence-corrected chi connectivity index (χ2v) is 6.64. The number of thioether (sulfide) groups is 1. The summed E-state index contributed by atoms with van der Waals surface area (Å²) in [6.45, 7) is 3.67. The number of anilines is 1. The molecular weight excluding hydrogens is 340 g/mol. The van der Waals surface area contributed by atoms with Crippen molar-refractivity contribution in [1.82, 2.24) is 5.16 Å². The summed E-state index contributed by atoms with van der Waals surface area (Å²) in [4.78, 5) is 12.0. The molecule has 0 aliphatic carbocycles. The van der Waals surface area contributed by atoms with E-state index >= 15 is 0 Å². The fourth-order valence-corrected chi connectivity index (χ4v) is 2.64. The Morgan fingerprint density at radius 1 is 1.45 bits per heavy atom. The first kappa shape index (κ1) is 15.1. The Hall–Kier alpha value is -1.27. The first-order valence-corrected chi connectivity index (χ1v) is 7.99. The standard InChI is InChI=1S/C14H15BrN2O2S/c1-9-7-13(17-19-9)16-14(18)10(2)20-8-11-3-5-12(15)6-4-11/h3-7,10H,8H2,1-2H3,(H,16,17,18). The normalized spacial score (nSPS) is 12.2. The summed E-state index contributed by atoms with van der Waals surface area (Å²) in [5, 5.41) is 6.32. The van der Waals surface area contributed by atoms with E-state index in [-0.39, 0.29) is 11.2 Å². The molecule has 1 unspecified atom stereocenters. The van der Waals surface area contributed by atoms with Gasteiger partial charge in [-0.15, -0.1) is 11.8 Å². The number of carbonyl (C=O) groups excluding carboxylic acids is 1. The summed E-state index contributed by atoms with van der Waals surface area (Å²) in [6, 6.07) is 9.78. The molecule has 1 atom stereocenters. The Balaban J connectivity index is 1.83. The summed E-state index contributed by atoms with van der Waals surface area (Å²) in [5.41, 5.74) is 1.19. The molecule has 1 aromatic heterocycles. The lowest BCUT2D eigenvalue weighted by Gasteiger charge is -2.10. The monoisotopic (exact) mass is 354 g/mol. The zero-order valence-electron chi connectivity index (χ0n) is 11.2. The Morgan fingerprint density at radius 2 is 2.15 bits per heavy atom. The van der Waals surface area contributed by atoms with Crippen molar-refractivity contribution in [2.45, 2.75) is 24.9 Å². The van der Waals surface area contributed by atoms with Crippen LogP contribution in [0.25, 0.3) is 0 Å². The maximum Gasteiger partial charge on any atom is 0.238 e. The zero-order valence-corrected chi connectivity index (χ0v) is 13.6. The highest BCUT2D eigenvalue weighted by Gasteiger charge is 2.15. The number of carbonyl (C=O) groups is 1. The fraction of sp³-hybridized carbons (Fsp3) is 0.286. The molecule has 0 saturated heterocycles. The van der Waals surface area contributed by atoms with Crippen molar-refractivity contribution < 1.29 is 9.32 Å². The summed E-state index contributed by atoms with van der Waals surface area (Å²) < 4.78 is 5.96. The molecule has 1 aromatic carbocycles. The highest BCUT2D eigenvalue weighted by molar-refractivity contribution is 9.10. The number of rotatable bonds is 5. The third kappa shape index (κ3) is 4.38. The largest absolute Gasteiger partial charge is 0.360 e. The van der Waals surface area contributed by atoms with Gasteiger partial charge in [0.05, 0.1) is 5.25 Å². The quantitative estimate of drug-likeness (QED) is 0.881. The van der Waals surface area contributed by atoms with E-state index in [9.17, 15) is 4.79 Å². The minimum absolute atomic E-state index is 0.0691. The molecule has 1 heterocycles. The van der Waals surface area contributed by atoms with E-state index in [4.69, 9.17) is 4.52 Å². The van der Waals surface area contributed by atoms with E-state index in [1.165, 1.54) is 5.56 Å². The first-order valence-electron chi connectivity index (χ1n) is 6.15. The number of amides is 1. The number of halogens is 1. The van der Waals surface area contributed by atoms with E-state index < -0.39 is 0 Å². The summed E-state index contributed by atoms with van der Waals surface area (Å²) in [6.07, 6.45) is 0. The number of benzene rings is 1. The lowest BCUT2D eigenvalue weighted by atomic mass is 10.2. The molecule has 0 aliphatic heterocycles. The molecule has 0 spiro atoms. The van der Waals surface area contributed by atoms with Crippen LogP contribution in [0.5, 0.6) is 0 Å². The molecule has 20 heavy (non-hydrogen) atoms. The van der Waals surface area contributed by atoms with Crippen LogP contribution in [0.3, 0.4) is 0 Å². The Kier molecular flexibility index (Phi) is 5.25. The molecule has 4 nitrogen and oxygen atoms in total. The fourth-order valence-electron chi connectivity index (χ4n) is 1.53. The number of nitrogens with one attached hydrogen (secondary N) is 1. The van der Waals surface area contributed by atoms with Crippen molar-refractivity contribution >= 4 is 39.4 Å². The summed E-state index contributed by atoms with van der Waals surface area (Å²) in [7, 11) is 0. The smallest absolute Gasteiger partial charge is 0.238 e. The molecule has 0 fully saturated rings. The van der Waals surface area contributed by atoms with Crippen LogP contribution in [-0.2, 0) is 10.5 Å². The van der Waals surface area contributed by atoms with Gasteiger partial charge in [-0.25, -0.2) is 0 Å². The average molecular weight is 355 g/mol. The minimum atomic E-state index is -0.157. The Bertz CT molecular complexity index is 583. The van der Waals surface area contributed by atoms with Gasteiger partial charge in [-0.3, -0.25) is 4.79 Å². The van der Waals surface area contributed by atoms with Crippen molar-refractivity contribution in [2.24, 2.45) is 0 Å². The van der Waals surface area contributed by atoms with Crippen molar-refractivity contribution in [3.05, 3.63) is 46.1 Å². The van der Waals surface area contributed by atoms with Crippen molar-refractivity contribution in [3.63, 3.8) is 0 Å². The molecule has 0 aliphatic rings. The van der Waals surface area contributed by atoms with Gasteiger partial charge >= 0.3 is 0 Å². The van der Waals surface area contributed by atoms with E-state index in [1.54, 1.807) is 24.8 Å². The van der Waals surface area contributed by atoms with Crippen LogP contribution in [-0.4, -0.2) is 16.3 Å². The van der Waals surface area contributed by atoms with E-state index in [1.807, 2.05) is 31.2 Å². The van der Waals surface area contributed by atoms with Crippen LogP contribution < -0.4 is 5.32 Å². The van der Waals surface area contributed by atoms with Crippen LogP contribution in [0.4, 0.5) is 5.82 Å². The van der Waals surface area contributed by atoms with Crippen molar-refractivity contribution in [1.29, 1.82) is 0 Å². The summed E-state index contributed by atoms with van der Waals surface area (Å²) >= 11 is 4.98. The minimum Gasteiger partial charge on any atom is -0.360 e. The number of aryl methyl sites for hydroxylation is 1. The highest BCUT2D eigenvalue weighted by atomic mass is 79.9. The third-order valence-electron chi connectivity index (χ3n) is 2.66. The van der Waals surface area contributed by atoms with Crippen molar-refractivity contribution in [2.75, 3.05) is 5.32 Å². The molecular formula is C14H15BrN2O2S. The number of nitrogens with zero attached hydrogens (tertiary/aromatic N) is 1. The predicted octanol–water partition coefficient (Wildman–Crippen LogP) is 4.01. The van der Waals surface area contributed by atoms with Crippen molar-refractivity contribution in [3.8, 4) is 0 Å². The van der Waals surface area contributed by atoms with Gasteiger partial charge in [0.2, 0.25) is 5.91 Å². The van der Waals surface area contributed by atoms with E-state index in [0.717, 1.165) is 10.2 Å². The van der Waals surface area contributed by atoms with Crippen LogP contribution in [0.1, 0.15) is 18.2 Å². The van der Waals surface area contributed by atoms with Gasteiger partial charge in [0, 0.05) is 16.3 Å². The lowest BCUT2D eigenvalue weighted by molar-refractivity contribution is -0.115. The molecule has 2 rings (SSSR count). The van der Waals surface area contributed by atoms with Gasteiger partial charge in [0.15, 0.2) is 5.82 Å².